The number of ether oxygens (including phenoxy) is 1. The predicted molar refractivity (Wildman–Crippen MR) is 64.2 cm³/mol. The van der Waals surface area contributed by atoms with E-state index in [1.807, 2.05) is 0 Å². The second-order valence-corrected chi connectivity index (χ2v) is 8.01. The zero-order valence-corrected chi connectivity index (χ0v) is 11.1. The van der Waals surface area contributed by atoms with Gasteiger partial charge in [0.05, 0.1) is 6.10 Å². The summed E-state index contributed by atoms with van der Waals surface area (Å²) in [4.78, 5) is 0. The Morgan fingerprint density at radius 1 is 1.00 bits per heavy atom. The van der Waals surface area contributed by atoms with Crippen molar-refractivity contribution < 1.29 is 4.74 Å². The second kappa shape index (κ2) is 2.25. The molecule has 4 rings (SSSR count). The van der Waals surface area contributed by atoms with Crippen LogP contribution in [0.2, 0.25) is 0 Å². The van der Waals surface area contributed by atoms with E-state index in [0.29, 0.717) is 22.3 Å². The van der Waals surface area contributed by atoms with Crippen LogP contribution in [0, 0.1) is 22.2 Å². The molecule has 16 heavy (non-hydrogen) atoms. The molecule has 1 saturated heterocycles. The Kier molecular flexibility index (Phi) is 1.40. The molecule has 0 aromatic carbocycles. The minimum atomic E-state index is 0.282. The Morgan fingerprint density at radius 3 is 2.44 bits per heavy atom. The largest absolute Gasteiger partial charge is 0.365 e. The molecule has 90 valence electrons. The molecule has 0 N–H and O–H groups in total. The summed E-state index contributed by atoms with van der Waals surface area (Å²) in [5.41, 5.74) is 1.75. The molecule has 4 fully saturated rings. The van der Waals surface area contributed by atoms with Crippen molar-refractivity contribution in [3.05, 3.63) is 0 Å². The molecule has 3 aliphatic carbocycles. The minimum Gasteiger partial charge on any atom is -0.365 e. The molecular formula is C15H24O. The van der Waals surface area contributed by atoms with Gasteiger partial charge in [-0.25, -0.2) is 0 Å². The summed E-state index contributed by atoms with van der Waals surface area (Å²) in [7, 11) is 0. The maximum Gasteiger partial charge on any atom is 0.106 e. The highest BCUT2D eigenvalue weighted by Gasteiger charge is 2.86. The number of fused-ring (bicyclic) bond motifs is 1. The van der Waals surface area contributed by atoms with Crippen LogP contribution in [-0.4, -0.2) is 11.7 Å². The van der Waals surface area contributed by atoms with E-state index < -0.39 is 0 Å². The first-order valence-corrected chi connectivity index (χ1v) is 7.05. The van der Waals surface area contributed by atoms with Gasteiger partial charge in [-0.1, -0.05) is 27.7 Å². The minimum absolute atomic E-state index is 0.282. The SMILES string of the molecule is CC1(C)CCC2O[C@]23C(C)(C)C2CC[C@]13C2. The fourth-order valence-electron chi connectivity index (χ4n) is 6.21. The molecule has 1 nitrogen and oxygen atoms in total. The van der Waals surface area contributed by atoms with Crippen LogP contribution >= 0.6 is 0 Å². The molecule has 0 aromatic rings. The Bertz CT molecular complexity index is 370. The van der Waals surface area contributed by atoms with Gasteiger partial charge < -0.3 is 4.74 Å². The predicted octanol–water partition coefficient (Wildman–Crippen LogP) is 3.77. The lowest BCUT2D eigenvalue weighted by Crippen LogP contribution is -2.56. The zero-order valence-electron chi connectivity index (χ0n) is 11.1. The van der Waals surface area contributed by atoms with Crippen molar-refractivity contribution in [1.82, 2.24) is 0 Å². The van der Waals surface area contributed by atoms with Crippen LogP contribution in [0.25, 0.3) is 0 Å². The molecule has 2 unspecified atom stereocenters. The Balaban J connectivity index is 1.93. The van der Waals surface area contributed by atoms with Crippen molar-refractivity contribution in [2.75, 3.05) is 0 Å². The first kappa shape index (κ1) is 9.94. The first-order valence-electron chi connectivity index (χ1n) is 7.05. The van der Waals surface area contributed by atoms with Crippen LogP contribution < -0.4 is 0 Å². The molecule has 0 amide bonds. The summed E-state index contributed by atoms with van der Waals surface area (Å²) in [5.74, 6) is 0.926. The highest BCUT2D eigenvalue weighted by Crippen LogP contribution is 2.83. The monoisotopic (exact) mass is 220 g/mol. The third-order valence-electron chi connectivity index (χ3n) is 7.25. The molecular weight excluding hydrogens is 196 g/mol. The van der Waals surface area contributed by atoms with Gasteiger partial charge in [-0.05, 0) is 48.9 Å². The van der Waals surface area contributed by atoms with Gasteiger partial charge in [0.2, 0.25) is 0 Å². The van der Waals surface area contributed by atoms with Gasteiger partial charge in [0.15, 0.2) is 0 Å². The molecule has 3 saturated carbocycles. The zero-order chi connectivity index (χ0) is 11.4. The number of hydrogen-bond donors (Lipinski definition) is 0. The van der Waals surface area contributed by atoms with Crippen LogP contribution in [0.15, 0.2) is 0 Å². The van der Waals surface area contributed by atoms with Gasteiger partial charge in [-0.3, -0.25) is 0 Å². The third-order valence-corrected chi connectivity index (χ3v) is 7.25. The Morgan fingerprint density at radius 2 is 1.75 bits per heavy atom. The Labute approximate surface area is 98.9 Å². The summed E-state index contributed by atoms with van der Waals surface area (Å²) in [6.45, 7) is 9.99. The van der Waals surface area contributed by atoms with E-state index in [1.54, 1.807) is 0 Å². The summed E-state index contributed by atoms with van der Waals surface area (Å²) in [5, 5.41) is 0. The van der Waals surface area contributed by atoms with Crippen molar-refractivity contribution in [2.24, 2.45) is 22.2 Å². The van der Waals surface area contributed by atoms with E-state index in [0.717, 1.165) is 5.92 Å². The van der Waals surface area contributed by atoms with Crippen molar-refractivity contribution in [1.29, 1.82) is 0 Å². The summed E-state index contributed by atoms with van der Waals surface area (Å²) >= 11 is 0. The third kappa shape index (κ3) is 0.674. The topological polar surface area (TPSA) is 12.5 Å². The lowest BCUT2D eigenvalue weighted by atomic mass is 9.49. The van der Waals surface area contributed by atoms with Crippen LogP contribution in [0.3, 0.4) is 0 Å². The van der Waals surface area contributed by atoms with E-state index >= 15 is 0 Å². The fraction of sp³-hybridized carbons (Fsp3) is 1.00. The van der Waals surface area contributed by atoms with Gasteiger partial charge >= 0.3 is 0 Å². The van der Waals surface area contributed by atoms with Crippen molar-refractivity contribution in [2.45, 2.75) is 71.5 Å². The molecule has 4 aliphatic rings. The lowest BCUT2D eigenvalue weighted by molar-refractivity contribution is -0.0620. The molecule has 1 heteroatoms. The summed E-state index contributed by atoms with van der Waals surface area (Å²) in [6, 6.07) is 0. The molecule has 1 heterocycles. The van der Waals surface area contributed by atoms with E-state index in [2.05, 4.69) is 27.7 Å². The van der Waals surface area contributed by atoms with Gasteiger partial charge in [-0.2, -0.15) is 0 Å². The molecule has 0 radical (unpaired) electrons. The Hall–Kier alpha value is -0.0400. The van der Waals surface area contributed by atoms with Crippen molar-refractivity contribution >= 4 is 0 Å². The van der Waals surface area contributed by atoms with Crippen molar-refractivity contribution in [3.8, 4) is 0 Å². The van der Waals surface area contributed by atoms with Crippen LogP contribution in [0.1, 0.15) is 59.8 Å². The quantitative estimate of drug-likeness (QED) is 0.566. The number of rotatable bonds is 0. The second-order valence-electron chi connectivity index (χ2n) is 8.01. The number of epoxide rings is 1. The van der Waals surface area contributed by atoms with E-state index in [4.69, 9.17) is 4.74 Å². The molecule has 2 bridgehead atoms. The van der Waals surface area contributed by atoms with E-state index in [9.17, 15) is 0 Å². The van der Waals surface area contributed by atoms with Gasteiger partial charge in [0, 0.05) is 5.41 Å². The normalized spacial score (nSPS) is 59.2. The highest BCUT2D eigenvalue weighted by atomic mass is 16.6. The summed E-state index contributed by atoms with van der Waals surface area (Å²) in [6.07, 6.45) is 7.64. The van der Waals surface area contributed by atoms with E-state index in [1.165, 1.54) is 32.1 Å². The van der Waals surface area contributed by atoms with Crippen LogP contribution in [0.5, 0.6) is 0 Å². The maximum atomic E-state index is 6.36. The molecule has 2 spiro atoms. The standard InChI is InChI=1S/C15H24O/c1-12(2)7-6-11-15(16-11)13(3,4)10-5-8-14(12,15)9-10/h10-11H,5-9H2,1-4H3/t10?,11?,14-,15-/m0/s1. The summed E-state index contributed by atoms with van der Waals surface area (Å²) < 4.78 is 6.36. The maximum absolute atomic E-state index is 6.36. The van der Waals surface area contributed by atoms with Gasteiger partial charge in [0.25, 0.3) is 0 Å². The van der Waals surface area contributed by atoms with E-state index in [-0.39, 0.29) is 5.60 Å². The van der Waals surface area contributed by atoms with Crippen molar-refractivity contribution in [3.63, 3.8) is 0 Å². The van der Waals surface area contributed by atoms with Crippen LogP contribution in [0.4, 0.5) is 0 Å². The number of hydrogen-bond acceptors (Lipinski definition) is 1. The molecule has 1 aliphatic heterocycles. The highest BCUT2D eigenvalue weighted by molar-refractivity contribution is 5.34. The average Bonchev–Trinajstić information content (AvgIpc) is 2.70. The first-order chi connectivity index (χ1) is 7.37. The van der Waals surface area contributed by atoms with Crippen LogP contribution in [-0.2, 0) is 4.74 Å². The molecule has 4 atom stereocenters. The smallest absolute Gasteiger partial charge is 0.106 e. The van der Waals surface area contributed by atoms with Gasteiger partial charge in [0.1, 0.15) is 5.60 Å². The van der Waals surface area contributed by atoms with Gasteiger partial charge in [-0.15, -0.1) is 0 Å². The fourth-order valence-corrected chi connectivity index (χ4v) is 6.21. The average molecular weight is 220 g/mol. The molecule has 0 aromatic heterocycles. The lowest BCUT2D eigenvalue weighted by Gasteiger charge is -2.53.